The first-order valence-electron chi connectivity index (χ1n) is 9.49. The van der Waals surface area contributed by atoms with E-state index in [9.17, 15) is 14.0 Å². The molecule has 1 saturated heterocycles. The number of hydrogen-bond acceptors (Lipinski definition) is 3. The summed E-state index contributed by atoms with van der Waals surface area (Å²) >= 11 is 19.2. The van der Waals surface area contributed by atoms with E-state index in [0.717, 1.165) is 45.4 Å². The van der Waals surface area contributed by atoms with Gasteiger partial charge < -0.3 is 4.57 Å². The van der Waals surface area contributed by atoms with Gasteiger partial charge in [0, 0.05) is 32.1 Å². The highest BCUT2D eigenvalue weighted by Crippen LogP contribution is 2.36. The molecule has 4 nitrogen and oxygen atoms in total. The van der Waals surface area contributed by atoms with E-state index >= 15 is 0 Å². The molecule has 4 rings (SSSR count). The first-order valence-corrected chi connectivity index (χ1v) is 11.4. The number of nitrogens with zero attached hydrogens (tertiary/aromatic N) is 2. The number of thioether (sulfide) groups is 1. The minimum absolute atomic E-state index is 0.0266. The summed E-state index contributed by atoms with van der Waals surface area (Å²) in [7, 11) is 0. The van der Waals surface area contributed by atoms with Crippen LogP contribution in [0.5, 0.6) is 0 Å². The predicted octanol–water partition coefficient (Wildman–Crippen LogP) is 7.43. The number of rotatable bonds is 4. The normalized spacial score (nSPS) is 15.3. The van der Waals surface area contributed by atoms with Crippen LogP contribution in [0.3, 0.4) is 0 Å². The van der Waals surface area contributed by atoms with Crippen LogP contribution in [-0.4, -0.2) is 20.6 Å². The SMILES string of the molecule is Cc1cc(/C=C2\SC(=O)N(Cc3ccc(F)cc3Cl)C2=O)c(C)n1-c1cc(Cl)cc(Cl)c1. The van der Waals surface area contributed by atoms with E-state index in [1.54, 1.807) is 24.3 Å². The molecule has 1 fully saturated rings. The van der Waals surface area contributed by atoms with Crippen molar-refractivity contribution in [3.8, 4) is 5.69 Å². The van der Waals surface area contributed by atoms with Crippen molar-refractivity contribution in [3.05, 3.63) is 90.8 Å². The van der Waals surface area contributed by atoms with Crippen molar-refractivity contribution < 1.29 is 14.0 Å². The van der Waals surface area contributed by atoms with E-state index in [1.807, 2.05) is 24.5 Å². The van der Waals surface area contributed by atoms with Gasteiger partial charge in [0.1, 0.15) is 5.82 Å². The average Bonchev–Trinajstić information content (AvgIpc) is 3.12. The molecule has 0 aliphatic carbocycles. The van der Waals surface area contributed by atoms with E-state index in [4.69, 9.17) is 34.8 Å². The van der Waals surface area contributed by atoms with Crippen molar-refractivity contribution in [2.24, 2.45) is 0 Å². The lowest BCUT2D eigenvalue weighted by Gasteiger charge is -2.13. The van der Waals surface area contributed by atoms with Crippen molar-refractivity contribution in [2.75, 3.05) is 0 Å². The summed E-state index contributed by atoms with van der Waals surface area (Å²) in [5.41, 5.74) is 3.88. The summed E-state index contributed by atoms with van der Waals surface area (Å²) in [6, 6.07) is 11.1. The molecular weight excluding hydrogens is 494 g/mol. The number of aromatic nitrogens is 1. The lowest BCUT2D eigenvalue weighted by Crippen LogP contribution is -2.27. The molecule has 2 amide bonds. The molecule has 2 heterocycles. The Bertz CT molecular complexity index is 1280. The fourth-order valence-electron chi connectivity index (χ4n) is 3.60. The maximum Gasteiger partial charge on any atom is 0.293 e. The Morgan fingerprint density at radius 1 is 1.00 bits per heavy atom. The molecule has 0 bridgehead atoms. The number of benzene rings is 2. The number of carbonyl (C=O) groups is 2. The minimum Gasteiger partial charge on any atom is -0.318 e. The maximum atomic E-state index is 13.3. The van der Waals surface area contributed by atoms with Gasteiger partial charge >= 0.3 is 0 Å². The zero-order valence-electron chi connectivity index (χ0n) is 17.0. The first-order chi connectivity index (χ1) is 15.1. The van der Waals surface area contributed by atoms with E-state index in [2.05, 4.69) is 0 Å². The molecule has 0 N–H and O–H groups in total. The van der Waals surface area contributed by atoms with Crippen LogP contribution in [0.4, 0.5) is 9.18 Å². The zero-order valence-corrected chi connectivity index (χ0v) is 20.0. The number of imide groups is 1. The average molecular weight is 510 g/mol. The van der Waals surface area contributed by atoms with E-state index in [-0.39, 0.29) is 11.6 Å². The van der Waals surface area contributed by atoms with Gasteiger partial charge in [0.2, 0.25) is 0 Å². The summed E-state index contributed by atoms with van der Waals surface area (Å²) in [6.07, 6.45) is 1.70. The van der Waals surface area contributed by atoms with E-state index in [1.165, 1.54) is 12.1 Å². The number of aryl methyl sites for hydroxylation is 1. The topological polar surface area (TPSA) is 42.3 Å². The molecule has 3 aromatic rings. The molecule has 0 atom stereocenters. The number of halogens is 4. The van der Waals surface area contributed by atoms with Gasteiger partial charge in [0.05, 0.1) is 11.4 Å². The second-order valence-corrected chi connectivity index (χ2v) is 9.57. The van der Waals surface area contributed by atoms with Gasteiger partial charge in [-0.25, -0.2) is 4.39 Å². The quantitative estimate of drug-likeness (QED) is 0.343. The van der Waals surface area contributed by atoms with Gasteiger partial charge in [-0.2, -0.15) is 0 Å². The van der Waals surface area contributed by atoms with E-state index < -0.39 is 17.0 Å². The number of hydrogen-bond donors (Lipinski definition) is 0. The summed E-state index contributed by atoms with van der Waals surface area (Å²) in [6.45, 7) is 3.82. The lowest BCUT2D eigenvalue weighted by atomic mass is 10.2. The molecule has 1 aromatic heterocycles. The van der Waals surface area contributed by atoms with Gasteiger partial charge in [0.15, 0.2) is 0 Å². The molecule has 1 aliphatic heterocycles. The van der Waals surface area contributed by atoms with Crippen LogP contribution in [0.15, 0.2) is 47.4 Å². The lowest BCUT2D eigenvalue weighted by molar-refractivity contribution is -0.123. The largest absolute Gasteiger partial charge is 0.318 e. The summed E-state index contributed by atoms with van der Waals surface area (Å²) in [5, 5.41) is 0.790. The number of carbonyl (C=O) groups excluding carboxylic acids is 2. The van der Waals surface area contributed by atoms with Crippen molar-refractivity contribution >= 4 is 63.8 Å². The smallest absolute Gasteiger partial charge is 0.293 e. The standard InChI is InChI=1S/C23H16Cl3FN2O2S/c1-12-5-15(13(2)29(12)19-8-16(24)7-17(25)9-19)6-21-22(30)28(23(31)32-21)11-14-3-4-18(27)10-20(14)26/h3-10H,11H2,1-2H3/b21-6-. The zero-order chi connectivity index (χ0) is 23.2. The summed E-state index contributed by atoms with van der Waals surface area (Å²) in [5.74, 6) is -0.903. The Labute approximate surface area is 203 Å². The molecule has 164 valence electrons. The Morgan fingerprint density at radius 3 is 2.34 bits per heavy atom. The van der Waals surface area contributed by atoms with Crippen LogP contribution in [0.2, 0.25) is 15.1 Å². The first kappa shape index (κ1) is 22.9. The Morgan fingerprint density at radius 2 is 1.69 bits per heavy atom. The van der Waals surface area contributed by atoms with Crippen molar-refractivity contribution in [1.29, 1.82) is 0 Å². The van der Waals surface area contributed by atoms with E-state index in [0.29, 0.717) is 20.5 Å². The van der Waals surface area contributed by atoms with Crippen molar-refractivity contribution in [3.63, 3.8) is 0 Å². The highest BCUT2D eigenvalue weighted by molar-refractivity contribution is 8.18. The van der Waals surface area contributed by atoms with Crippen LogP contribution < -0.4 is 0 Å². The molecule has 2 aromatic carbocycles. The third kappa shape index (κ3) is 4.46. The van der Waals surface area contributed by atoms with Gasteiger partial charge in [-0.05, 0) is 79.2 Å². The molecule has 32 heavy (non-hydrogen) atoms. The third-order valence-corrected chi connectivity index (χ3v) is 6.78. The van der Waals surface area contributed by atoms with Crippen molar-refractivity contribution in [1.82, 2.24) is 9.47 Å². The van der Waals surface area contributed by atoms with Crippen molar-refractivity contribution in [2.45, 2.75) is 20.4 Å². The third-order valence-electron chi connectivity index (χ3n) is 5.08. The number of amides is 2. The van der Waals surface area contributed by atoms with Crippen LogP contribution >= 0.6 is 46.6 Å². The van der Waals surface area contributed by atoms with Gasteiger partial charge in [-0.15, -0.1) is 0 Å². The second kappa shape index (κ2) is 8.94. The molecule has 0 radical (unpaired) electrons. The Balaban J connectivity index is 1.65. The molecule has 0 saturated carbocycles. The van der Waals surface area contributed by atoms with Gasteiger partial charge in [0.25, 0.3) is 11.1 Å². The van der Waals surface area contributed by atoms with Crippen LogP contribution in [-0.2, 0) is 11.3 Å². The fourth-order valence-corrected chi connectivity index (χ4v) is 5.17. The molecule has 9 heteroatoms. The second-order valence-electron chi connectivity index (χ2n) is 7.29. The summed E-state index contributed by atoms with van der Waals surface area (Å²) in [4.78, 5) is 26.8. The minimum atomic E-state index is -0.482. The Hall–Kier alpha value is -2.25. The molecule has 0 unspecified atom stereocenters. The van der Waals surface area contributed by atoms with Gasteiger partial charge in [-0.1, -0.05) is 40.9 Å². The molecular formula is C23H16Cl3FN2O2S. The van der Waals surface area contributed by atoms with Crippen LogP contribution in [0, 0.1) is 19.7 Å². The highest BCUT2D eigenvalue weighted by atomic mass is 35.5. The maximum absolute atomic E-state index is 13.3. The monoisotopic (exact) mass is 508 g/mol. The predicted molar refractivity (Wildman–Crippen MR) is 128 cm³/mol. The van der Waals surface area contributed by atoms with Crippen LogP contribution in [0.25, 0.3) is 11.8 Å². The van der Waals surface area contributed by atoms with Crippen LogP contribution in [0.1, 0.15) is 22.5 Å². The molecule has 1 aliphatic rings. The fraction of sp³-hybridized carbons (Fsp3) is 0.130. The highest BCUT2D eigenvalue weighted by Gasteiger charge is 2.35. The Kier molecular flexibility index (Phi) is 6.41. The van der Waals surface area contributed by atoms with Gasteiger partial charge in [-0.3, -0.25) is 14.5 Å². The molecule has 0 spiro atoms. The summed E-state index contributed by atoms with van der Waals surface area (Å²) < 4.78 is 15.3.